The molecule has 3 nitrogen and oxygen atoms in total. The van der Waals surface area contributed by atoms with Gasteiger partial charge in [0.2, 0.25) is 0 Å². The van der Waals surface area contributed by atoms with E-state index in [9.17, 15) is 5.11 Å². The van der Waals surface area contributed by atoms with Crippen molar-refractivity contribution in [2.45, 2.75) is 53.1 Å². The summed E-state index contributed by atoms with van der Waals surface area (Å²) in [6, 6.07) is 0. The van der Waals surface area contributed by atoms with E-state index in [1.807, 2.05) is 0 Å². The van der Waals surface area contributed by atoms with Gasteiger partial charge in [0.1, 0.15) is 0 Å². The zero-order valence-electron chi connectivity index (χ0n) is 15.4. The molecule has 2 bridgehead atoms. The van der Waals surface area contributed by atoms with Gasteiger partial charge in [0.15, 0.2) is 0 Å². The summed E-state index contributed by atoms with van der Waals surface area (Å²) in [5.41, 5.74) is 1.94. The van der Waals surface area contributed by atoms with Crippen LogP contribution in [0, 0.1) is 29.1 Å². The van der Waals surface area contributed by atoms with Crippen molar-refractivity contribution < 1.29 is 9.84 Å². The van der Waals surface area contributed by atoms with Crippen molar-refractivity contribution in [2.75, 3.05) is 32.8 Å². The molecule has 0 unspecified atom stereocenters. The second kappa shape index (κ2) is 6.85. The van der Waals surface area contributed by atoms with Crippen LogP contribution in [0.25, 0.3) is 0 Å². The maximum Gasteiger partial charge on any atom is 0.0900 e. The number of hydrogen-bond donors (Lipinski definition) is 1. The van der Waals surface area contributed by atoms with Gasteiger partial charge in [-0.3, -0.25) is 0 Å². The van der Waals surface area contributed by atoms with Gasteiger partial charge in [-0.15, -0.1) is 0 Å². The molecule has 1 saturated carbocycles. The van der Waals surface area contributed by atoms with E-state index < -0.39 is 0 Å². The molecule has 4 aliphatic rings. The Balaban J connectivity index is 1.38. The highest BCUT2D eigenvalue weighted by atomic mass is 16.5. The Morgan fingerprint density at radius 3 is 2.57 bits per heavy atom. The summed E-state index contributed by atoms with van der Waals surface area (Å²) in [4.78, 5) is 2.41. The van der Waals surface area contributed by atoms with Crippen molar-refractivity contribution in [3.63, 3.8) is 0 Å². The Labute approximate surface area is 142 Å². The molecule has 23 heavy (non-hydrogen) atoms. The Morgan fingerprint density at radius 2 is 1.96 bits per heavy atom. The van der Waals surface area contributed by atoms with Crippen LogP contribution in [0.2, 0.25) is 0 Å². The number of hydrogen-bond acceptors (Lipinski definition) is 3. The molecule has 3 heteroatoms. The third-order valence-corrected chi connectivity index (χ3v) is 6.58. The second-order valence-electron chi connectivity index (χ2n) is 9.15. The molecule has 0 radical (unpaired) electrons. The lowest BCUT2D eigenvalue weighted by atomic mass is 9.49. The van der Waals surface area contributed by atoms with Crippen LogP contribution < -0.4 is 0 Å². The number of fused-ring (bicyclic) bond motifs is 1. The van der Waals surface area contributed by atoms with E-state index in [4.69, 9.17) is 4.74 Å². The van der Waals surface area contributed by atoms with E-state index in [1.165, 1.54) is 24.8 Å². The number of aliphatic hydroxyl groups excluding tert-OH is 1. The molecule has 4 rings (SSSR count). The Hall–Kier alpha value is -0.380. The third-order valence-electron chi connectivity index (χ3n) is 6.58. The van der Waals surface area contributed by atoms with Gasteiger partial charge in [-0.1, -0.05) is 33.8 Å². The number of aliphatic hydroxyl groups is 1. The van der Waals surface area contributed by atoms with Crippen LogP contribution >= 0.6 is 0 Å². The molecule has 0 spiro atoms. The monoisotopic (exact) mass is 321 g/mol. The van der Waals surface area contributed by atoms with Gasteiger partial charge < -0.3 is 14.7 Å². The second-order valence-corrected chi connectivity index (χ2v) is 9.15. The van der Waals surface area contributed by atoms with E-state index in [2.05, 4.69) is 38.7 Å². The molecule has 1 heterocycles. The molecule has 2 fully saturated rings. The molecule has 132 valence electrons. The van der Waals surface area contributed by atoms with Crippen molar-refractivity contribution in [1.82, 2.24) is 4.90 Å². The quantitative estimate of drug-likeness (QED) is 0.762. The fourth-order valence-electron chi connectivity index (χ4n) is 5.25. The zero-order valence-corrected chi connectivity index (χ0v) is 15.4. The van der Waals surface area contributed by atoms with Gasteiger partial charge in [0, 0.05) is 19.6 Å². The molecule has 1 N–H and O–H groups in total. The summed E-state index contributed by atoms with van der Waals surface area (Å²) in [5, 5.41) is 10.3. The van der Waals surface area contributed by atoms with Crippen LogP contribution in [0.5, 0.6) is 0 Å². The highest BCUT2D eigenvalue weighted by molar-refractivity contribution is 5.23. The summed E-state index contributed by atoms with van der Waals surface area (Å²) in [6.07, 6.45) is 5.90. The van der Waals surface area contributed by atoms with Crippen LogP contribution in [0.15, 0.2) is 11.6 Å². The van der Waals surface area contributed by atoms with Gasteiger partial charge in [-0.2, -0.15) is 0 Å². The van der Waals surface area contributed by atoms with Gasteiger partial charge in [0.05, 0.1) is 19.3 Å². The average molecular weight is 322 g/mol. The summed E-state index contributed by atoms with van der Waals surface area (Å²) in [6.45, 7) is 13.6. The van der Waals surface area contributed by atoms with Crippen molar-refractivity contribution in [2.24, 2.45) is 29.1 Å². The van der Waals surface area contributed by atoms with Gasteiger partial charge in [0.25, 0.3) is 0 Å². The van der Waals surface area contributed by atoms with E-state index in [0.29, 0.717) is 24.5 Å². The van der Waals surface area contributed by atoms with E-state index in [-0.39, 0.29) is 6.10 Å². The van der Waals surface area contributed by atoms with Crippen LogP contribution in [0.3, 0.4) is 0 Å². The molecule has 0 amide bonds. The van der Waals surface area contributed by atoms with Gasteiger partial charge >= 0.3 is 0 Å². The van der Waals surface area contributed by atoms with Gasteiger partial charge in [-0.05, 0) is 53.9 Å². The number of β-amino-alcohol motifs (C(OH)–C–C–N with tert-alkyl or cyclic N) is 1. The first-order valence-electron chi connectivity index (χ1n) is 9.53. The van der Waals surface area contributed by atoms with E-state index in [0.717, 1.165) is 37.4 Å². The molecule has 0 aromatic rings. The molecule has 1 aliphatic heterocycles. The van der Waals surface area contributed by atoms with Crippen LogP contribution in [0.1, 0.15) is 47.0 Å². The average Bonchev–Trinajstić information content (AvgIpc) is 2.46. The molecule has 3 aliphatic carbocycles. The third kappa shape index (κ3) is 3.83. The topological polar surface area (TPSA) is 32.7 Å². The molecule has 5 atom stereocenters. The smallest absolute Gasteiger partial charge is 0.0900 e. The Bertz CT molecular complexity index is 435. The standard InChI is InChI=1S/C20H35NO2/c1-14-7-15(2)10-21(9-14)11-18(22)13-23-12-16-5-6-17-8-19(16)20(17,3)4/h5,14-15,17-19,22H,6-13H2,1-4H3/t14-,15+,17-,18+,19+/m0/s1. The summed E-state index contributed by atoms with van der Waals surface area (Å²) >= 11 is 0. The van der Waals surface area contributed by atoms with Crippen molar-refractivity contribution in [3.05, 3.63) is 11.6 Å². The SMILES string of the molecule is C[C@@H]1C[C@H](C)CN(C[C@@H](O)COCC2=CC[C@H]3C[C@H]2C3(C)C)C1. The fraction of sp³-hybridized carbons (Fsp3) is 0.900. The maximum absolute atomic E-state index is 10.3. The minimum atomic E-state index is -0.362. The van der Waals surface area contributed by atoms with E-state index >= 15 is 0 Å². The minimum Gasteiger partial charge on any atom is -0.389 e. The minimum absolute atomic E-state index is 0.362. The molecule has 1 saturated heterocycles. The Morgan fingerprint density at radius 1 is 1.26 bits per heavy atom. The fourth-order valence-corrected chi connectivity index (χ4v) is 5.25. The lowest BCUT2D eigenvalue weighted by Gasteiger charge is -2.56. The Kier molecular flexibility index (Phi) is 5.20. The van der Waals surface area contributed by atoms with Crippen molar-refractivity contribution in [3.8, 4) is 0 Å². The largest absolute Gasteiger partial charge is 0.389 e. The number of allylic oxidation sites excluding steroid dienone is 1. The number of nitrogens with zero attached hydrogens (tertiary/aromatic N) is 1. The first-order chi connectivity index (χ1) is 10.9. The number of likely N-dealkylation sites (tertiary alicyclic amines) is 1. The molecular formula is C20H35NO2. The molecule has 0 aromatic heterocycles. The summed E-state index contributed by atoms with van der Waals surface area (Å²) < 4.78 is 5.87. The predicted molar refractivity (Wildman–Crippen MR) is 94.3 cm³/mol. The lowest BCUT2D eigenvalue weighted by Crippen LogP contribution is -2.48. The first kappa shape index (κ1) is 17.4. The normalized spacial score (nSPS) is 37.9. The van der Waals surface area contributed by atoms with E-state index in [1.54, 1.807) is 0 Å². The van der Waals surface area contributed by atoms with Crippen molar-refractivity contribution in [1.29, 1.82) is 0 Å². The highest BCUT2D eigenvalue weighted by Crippen LogP contribution is 2.59. The summed E-state index contributed by atoms with van der Waals surface area (Å²) in [7, 11) is 0. The number of rotatable bonds is 6. The van der Waals surface area contributed by atoms with Crippen LogP contribution in [-0.2, 0) is 4.74 Å². The molecular weight excluding hydrogens is 286 g/mol. The lowest BCUT2D eigenvalue weighted by molar-refractivity contribution is -0.0280. The van der Waals surface area contributed by atoms with Gasteiger partial charge in [-0.25, -0.2) is 0 Å². The zero-order chi connectivity index (χ0) is 16.6. The number of piperidine rings is 1. The van der Waals surface area contributed by atoms with Crippen LogP contribution in [0.4, 0.5) is 0 Å². The predicted octanol–water partition coefficient (Wildman–Crippen LogP) is 3.33. The number of ether oxygens (including phenoxy) is 1. The highest BCUT2D eigenvalue weighted by Gasteiger charge is 2.50. The first-order valence-corrected chi connectivity index (χ1v) is 9.53. The maximum atomic E-state index is 10.3. The van der Waals surface area contributed by atoms with Crippen molar-refractivity contribution >= 4 is 0 Å². The summed E-state index contributed by atoms with van der Waals surface area (Å²) in [5.74, 6) is 3.08. The van der Waals surface area contributed by atoms with Crippen LogP contribution in [-0.4, -0.2) is 49.0 Å². The molecule has 0 aromatic carbocycles.